The first-order valence-electron chi connectivity index (χ1n) is 8.76. The first kappa shape index (κ1) is 21.2. The summed E-state index contributed by atoms with van der Waals surface area (Å²) in [6, 6.07) is 7.99. The SMILES string of the molecule is COCCN(C)c1ncc(NC(=O)c2nc(-c3ccccc3)oc2C(F)(F)F)cn1. The Balaban J connectivity index is 1.82. The second kappa shape index (κ2) is 8.91. The summed E-state index contributed by atoms with van der Waals surface area (Å²) in [7, 11) is 3.32. The number of methoxy groups -OCH3 is 1. The van der Waals surface area contributed by atoms with Gasteiger partial charge in [-0.1, -0.05) is 18.2 Å². The van der Waals surface area contributed by atoms with Gasteiger partial charge in [-0.15, -0.1) is 0 Å². The quantitative estimate of drug-likeness (QED) is 0.624. The molecule has 0 saturated heterocycles. The van der Waals surface area contributed by atoms with Crippen LogP contribution in [0, 0.1) is 0 Å². The summed E-state index contributed by atoms with van der Waals surface area (Å²) in [5, 5.41) is 2.32. The zero-order valence-electron chi connectivity index (χ0n) is 16.1. The number of ether oxygens (including phenoxy) is 1. The van der Waals surface area contributed by atoms with Crippen molar-refractivity contribution in [2.24, 2.45) is 0 Å². The Labute approximate surface area is 169 Å². The molecule has 0 fully saturated rings. The van der Waals surface area contributed by atoms with Crippen molar-refractivity contribution in [3.8, 4) is 11.5 Å². The average molecular weight is 421 g/mol. The molecule has 11 heteroatoms. The van der Waals surface area contributed by atoms with Gasteiger partial charge in [0.1, 0.15) is 0 Å². The first-order valence-corrected chi connectivity index (χ1v) is 8.76. The van der Waals surface area contributed by atoms with E-state index in [1.165, 1.54) is 24.5 Å². The van der Waals surface area contributed by atoms with Gasteiger partial charge in [0.05, 0.1) is 24.7 Å². The van der Waals surface area contributed by atoms with Crippen molar-refractivity contribution in [1.82, 2.24) is 15.0 Å². The van der Waals surface area contributed by atoms with E-state index < -0.39 is 23.5 Å². The first-order chi connectivity index (χ1) is 14.3. The number of amides is 1. The predicted molar refractivity (Wildman–Crippen MR) is 102 cm³/mol. The number of rotatable bonds is 7. The molecule has 1 N–H and O–H groups in total. The van der Waals surface area contributed by atoms with Gasteiger partial charge in [0.25, 0.3) is 5.91 Å². The maximum atomic E-state index is 13.4. The van der Waals surface area contributed by atoms with E-state index in [2.05, 4.69) is 20.3 Å². The zero-order chi connectivity index (χ0) is 21.7. The summed E-state index contributed by atoms with van der Waals surface area (Å²) in [6.45, 7) is 1.01. The van der Waals surface area contributed by atoms with E-state index in [1.54, 1.807) is 37.3 Å². The van der Waals surface area contributed by atoms with Crippen LogP contribution in [0.5, 0.6) is 0 Å². The minimum Gasteiger partial charge on any atom is -0.431 e. The number of nitrogens with one attached hydrogen (secondary N) is 1. The van der Waals surface area contributed by atoms with Crippen LogP contribution in [0.4, 0.5) is 24.8 Å². The maximum absolute atomic E-state index is 13.4. The number of alkyl halides is 3. The molecule has 0 radical (unpaired) electrons. The number of hydrogen-bond donors (Lipinski definition) is 1. The van der Waals surface area contributed by atoms with Gasteiger partial charge in [0, 0.05) is 26.3 Å². The topological polar surface area (TPSA) is 93.4 Å². The Morgan fingerprint density at radius 1 is 1.20 bits per heavy atom. The second-order valence-corrected chi connectivity index (χ2v) is 6.20. The molecule has 3 rings (SSSR count). The number of hydrogen-bond acceptors (Lipinski definition) is 7. The van der Waals surface area contributed by atoms with E-state index in [4.69, 9.17) is 9.15 Å². The number of aromatic nitrogens is 3. The van der Waals surface area contributed by atoms with E-state index in [1.807, 2.05) is 0 Å². The molecule has 0 unspecified atom stereocenters. The summed E-state index contributed by atoms with van der Waals surface area (Å²) in [6.07, 6.45) is -2.32. The summed E-state index contributed by atoms with van der Waals surface area (Å²) in [4.78, 5) is 26.1. The molecule has 2 heterocycles. The molecule has 0 spiro atoms. The number of likely N-dealkylation sites (N-methyl/N-ethyl adjacent to an activating group) is 1. The van der Waals surface area contributed by atoms with Gasteiger partial charge in [-0.05, 0) is 12.1 Å². The van der Waals surface area contributed by atoms with Gasteiger partial charge in [0.2, 0.25) is 17.6 Å². The lowest BCUT2D eigenvalue weighted by Crippen LogP contribution is -2.24. The smallest absolute Gasteiger partial charge is 0.431 e. The summed E-state index contributed by atoms with van der Waals surface area (Å²) in [5.74, 6) is -2.50. The fourth-order valence-corrected chi connectivity index (χ4v) is 2.47. The van der Waals surface area contributed by atoms with Crippen LogP contribution in [0.3, 0.4) is 0 Å². The van der Waals surface area contributed by atoms with Crippen LogP contribution in [0.25, 0.3) is 11.5 Å². The molecule has 1 aromatic carbocycles. The molecule has 30 heavy (non-hydrogen) atoms. The predicted octanol–water partition coefficient (Wildman–Crippen LogP) is 3.49. The lowest BCUT2D eigenvalue weighted by molar-refractivity contribution is -0.153. The molecular formula is C19H18F3N5O3. The third kappa shape index (κ3) is 4.92. The van der Waals surface area contributed by atoms with Gasteiger partial charge in [0.15, 0.2) is 5.69 Å². The molecule has 0 saturated carbocycles. The number of oxazole rings is 1. The Hall–Kier alpha value is -3.47. The molecule has 8 nitrogen and oxygen atoms in total. The molecule has 3 aromatic rings. The minimum atomic E-state index is -4.89. The van der Waals surface area contributed by atoms with Gasteiger partial charge in [-0.2, -0.15) is 13.2 Å². The summed E-state index contributed by atoms with van der Waals surface area (Å²) >= 11 is 0. The molecule has 1 amide bonds. The van der Waals surface area contributed by atoms with Gasteiger partial charge < -0.3 is 19.4 Å². The molecule has 0 aliphatic heterocycles. The van der Waals surface area contributed by atoms with Crippen LogP contribution < -0.4 is 10.2 Å². The summed E-state index contributed by atoms with van der Waals surface area (Å²) in [5.41, 5.74) is -0.447. The van der Waals surface area contributed by atoms with Crippen LogP contribution in [0.2, 0.25) is 0 Å². The van der Waals surface area contributed by atoms with Crippen LogP contribution in [0.1, 0.15) is 16.2 Å². The van der Waals surface area contributed by atoms with Crippen LogP contribution >= 0.6 is 0 Å². The normalized spacial score (nSPS) is 11.4. The van der Waals surface area contributed by atoms with Crippen molar-refractivity contribution < 1.29 is 27.1 Å². The highest BCUT2D eigenvalue weighted by molar-refractivity contribution is 6.03. The van der Waals surface area contributed by atoms with Crippen molar-refractivity contribution in [3.05, 3.63) is 54.2 Å². The highest BCUT2D eigenvalue weighted by Crippen LogP contribution is 2.35. The number of carbonyl (C=O) groups is 1. The van der Waals surface area contributed by atoms with Crippen molar-refractivity contribution in [2.75, 3.05) is 37.5 Å². The van der Waals surface area contributed by atoms with E-state index in [0.29, 0.717) is 24.7 Å². The molecule has 0 atom stereocenters. The molecule has 0 bridgehead atoms. The zero-order valence-corrected chi connectivity index (χ0v) is 16.1. The Bertz CT molecular complexity index is 991. The van der Waals surface area contributed by atoms with Crippen molar-refractivity contribution in [3.63, 3.8) is 0 Å². The van der Waals surface area contributed by atoms with Crippen LogP contribution in [-0.4, -0.2) is 48.2 Å². The molecule has 0 aliphatic carbocycles. The van der Waals surface area contributed by atoms with Crippen molar-refractivity contribution in [1.29, 1.82) is 0 Å². The third-order valence-corrected chi connectivity index (χ3v) is 3.99. The number of carbonyl (C=O) groups excluding carboxylic acids is 1. The van der Waals surface area contributed by atoms with E-state index in [-0.39, 0.29) is 11.6 Å². The molecular weight excluding hydrogens is 403 g/mol. The van der Waals surface area contributed by atoms with E-state index >= 15 is 0 Å². The lowest BCUT2D eigenvalue weighted by Gasteiger charge is -2.16. The third-order valence-electron chi connectivity index (χ3n) is 3.99. The molecule has 158 valence electrons. The standard InChI is InChI=1S/C19H18F3N5O3/c1-27(8-9-29-2)18-23-10-13(11-24-18)25-16(28)14-15(19(20,21)22)30-17(26-14)12-6-4-3-5-7-12/h3-7,10-11H,8-9H2,1-2H3,(H,25,28). The van der Waals surface area contributed by atoms with Gasteiger partial charge in [-0.25, -0.2) is 15.0 Å². The van der Waals surface area contributed by atoms with E-state index in [9.17, 15) is 18.0 Å². The van der Waals surface area contributed by atoms with Gasteiger partial charge in [-0.3, -0.25) is 4.79 Å². The Morgan fingerprint density at radius 2 is 1.87 bits per heavy atom. The number of nitrogens with zero attached hydrogens (tertiary/aromatic N) is 4. The van der Waals surface area contributed by atoms with Crippen molar-refractivity contribution >= 4 is 17.5 Å². The molecule has 2 aromatic heterocycles. The lowest BCUT2D eigenvalue weighted by atomic mass is 10.2. The van der Waals surface area contributed by atoms with Crippen molar-refractivity contribution in [2.45, 2.75) is 6.18 Å². The maximum Gasteiger partial charge on any atom is 0.452 e. The Kier molecular flexibility index (Phi) is 6.31. The fraction of sp³-hybridized carbons (Fsp3) is 0.263. The number of benzene rings is 1. The van der Waals surface area contributed by atoms with Gasteiger partial charge >= 0.3 is 6.18 Å². The average Bonchev–Trinajstić information content (AvgIpc) is 3.19. The van der Waals surface area contributed by atoms with E-state index in [0.717, 1.165) is 0 Å². The van der Waals surface area contributed by atoms with Crippen LogP contribution in [-0.2, 0) is 10.9 Å². The fourth-order valence-electron chi connectivity index (χ4n) is 2.47. The van der Waals surface area contributed by atoms with Crippen LogP contribution in [0.15, 0.2) is 47.1 Å². The monoisotopic (exact) mass is 421 g/mol. The number of anilines is 2. The summed E-state index contributed by atoms with van der Waals surface area (Å²) < 4.78 is 49.9. The highest BCUT2D eigenvalue weighted by atomic mass is 19.4. The Morgan fingerprint density at radius 3 is 2.47 bits per heavy atom. The second-order valence-electron chi connectivity index (χ2n) is 6.20. The highest BCUT2D eigenvalue weighted by Gasteiger charge is 2.42. The minimum absolute atomic E-state index is 0.112. The number of halogens is 3. The largest absolute Gasteiger partial charge is 0.452 e. The molecule has 0 aliphatic rings.